The molecule has 4 aromatic rings. The van der Waals surface area contributed by atoms with E-state index < -0.39 is 0 Å². The van der Waals surface area contributed by atoms with Gasteiger partial charge in [0.05, 0.1) is 26.7 Å². The summed E-state index contributed by atoms with van der Waals surface area (Å²) >= 11 is 18.5. The Kier molecular flexibility index (Phi) is 6.91. The quantitative estimate of drug-likeness (QED) is 0.142. The van der Waals surface area contributed by atoms with Crippen LogP contribution in [0.15, 0.2) is 74.5 Å². The summed E-state index contributed by atoms with van der Waals surface area (Å²) in [7, 11) is 0. The predicted octanol–water partition coefficient (Wildman–Crippen LogP) is 8.09. The van der Waals surface area contributed by atoms with E-state index in [1.54, 1.807) is 29.7 Å². The Balaban J connectivity index is 1.46. The molecule has 4 rings (SSSR count). The van der Waals surface area contributed by atoms with Crippen LogP contribution in [0.1, 0.15) is 15.9 Å². The van der Waals surface area contributed by atoms with E-state index >= 15 is 0 Å². The molecule has 0 fully saturated rings. The molecular weight excluding hydrogens is 523 g/mol. The summed E-state index contributed by atoms with van der Waals surface area (Å²) in [4.78, 5) is 21.5. The molecule has 0 saturated heterocycles. The summed E-state index contributed by atoms with van der Waals surface area (Å²) < 4.78 is 2.83. The number of thioether (sulfide) groups is 1. The normalized spacial score (nSPS) is 11.4. The van der Waals surface area contributed by atoms with Crippen LogP contribution in [0, 0.1) is 0 Å². The van der Waals surface area contributed by atoms with Crippen LogP contribution in [0.5, 0.6) is 0 Å². The lowest BCUT2D eigenvalue weighted by molar-refractivity contribution is 0.102. The smallest absolute Gasteiger partial charge is 0.173 e. The maximum atomic E-state index is 12.4. The summed E-state index contributed by atoms with van der Waals surface area (Å²) in [5, 5.41) is 1.14. The van der Waals surface area contributed by atoms with Crippen molar-refractivity contribution in [2.24, 2.45) is 4.99 Å². The first-order chi connectivity index (χ1) is 14.5. The molecule has 0 saturated carbocycles. The first kappa shape index (κ1) is 21.5. The Labute approximate surface area is 200 Å². The van der Waals surface area contributed by atoms with Gasteiger partial charge in [0.1, 0.15) is 0 Å². The zero-order valence-electron chi connectivity index (χ0n) is 15.3. The fraction of sp³-hybridized carbons (Fsp3) is 0.0455. The summed E-state index contributed by atoms with van der Waals surface area (Å²) in [6.07, 6.45) is 1.72. The van der Waals surface area contributed by atoms with Crippen molar-refractivity contribution in [2.45, 2.75) is 4.34 Å². The number of benzene rings is 3. The molecule has 0 spiro atoms. The number of hydrogen-bond donors (Lipinski definition) is 0. The second kappa shape index (κ2) is 9.62. The van der Waals surface area contributed by atoms with Gasteiger partial charge >= 0.3 is 0 Å². The number of rotatable bonds is 6. The number of ketones is 1. The molecule has 0 radical (unpaired) electrons. The van der Waals surface area contributed by atoms with E-state index in [0.29, 0.717) is 21.4 Å². The lowest BCUT2D eigenvalue weighted by atomic mass is 10.2. The van der Waals surface area contributed by atoms with Gasteiger partial charge in [0.15, 0.2) is 10.1 Å². The molecule has 1 heterocycles. The van der Waals surface area contributed by atoms with Gasteiger partial charge in [0.25, 0.3) is 0 Å². The SMILES string of the molecule is O=C(CSc1nc2ccc(N=Cc3ccc(Cl)cc3Cl)cc2s1)c1ccc(Br)cc1. The van der Waals surface area contributed by atoms with Crippen molar-refractivity contribution in [3.8, 4) is 0 Å². The summed E-state index contributed by atoms with van der Waals surface area (Å²) in [6.45, 7) is 0. The number of thiazole rings is 1. The number of carbonyl (C=O) groups excluding carboxylic acids is 1. The van der Waals surface area contributed by atoms with Crippen molar-refractivity contribution in [1.29, 1.82) is 0 Å². The largest absolute Gasteiger partial charge is 0.293 e. The number of aliphatic imine (C=N–C) groups is 1. The van der Waals surface area contributed by atoms with Crippen LogP contribution < -0.4 is 0 Å². The molecule has 0 aliphatic carbocycles. The predicted molar refractivity (Wildman–Crippen MR) is 133 cm³/mol. The zero-order chi connectivity index (χ0) is 21.1. The van der Waals surface area contributed by atoms with Crippen molar-refractivity contribution >= 4 is 90.1 Å². The number of aromatic nitrogens is 1. The molecule has 0 atom stereocenters. The third kappa shape index (κ3) is 5.31. The molecule has 0 unspecified atom stereocenters. The van der Waals surface area contributed by atoms with Gasteiger partial charge in [-0.3, -0.25) is 9.79 Å². The lowest BCUT2D eigenvalue weighted by Crippen LogP contribution is -2.01. The fourth-order valence-corrected chi connectivity index (χ4v) is 5.35. The number of fused-ring (bicyclic) bond motifs is 1. The highest BCUT2D eigenvalue weighted by Gasteiger charge is 2.10. The van der Waals surface area contributed by atoms with Gasteiger partial charge in [-0.1, -0.05) is 69.1 Å². The topological polar surface area (TPSA) is 42.3 Å². The van der Waals surface area contributed by atoms with Crippen molar-refractivity contribution in [2.75, 3.05) is 5.75 Å². The summed E-state index contributed by atoms with van der Waals surface area (Å²) in [6, 6.07) is 18.5. The third-order valence-electron chi connectivity index (χ3n) is 4.16. The monoisotopic (exact) mass is 534 g/mol. The zero-order valence-corrected chi connectivity index (χ0v) is 20.0. The Morgan fingerprint density at radius 1 is 1.10 bits per heavy atom. The molecule has 0 aliphatic rings. The number of nitrogens with zero attached hydrogens (tertiary/aromatic N) is 2. The van der Waals surface area contributed by atoms with E-state index in [-0.39, 0.29) is 5.78 Å². The standard InChI is InChI=1S/C22H13BrCl2N2OS2/c23-15-4-1-13(2-5-15)20(28)12-29-22-27-19-8-7-17(10-21(19)30-22)26-11-14-3-6-16(24)9-18(14)25/h1-11H,12H2. The molecule has 0 N–H and O–H groups in total. The highest BCUT2D eigenvalue weighted by Crippen LogP contribution is 2.32. The van der Waals surface area contributed by atoms with E-state index in [0.717, 1.165) is 30.3 Å². The molecule has 150 valence electrons. The van der Waals surface area contributed by atoms with Gasteiger partial charge < -0.3 is 0 Å². The number of hydrogen-bond acceptors (Lipinski definition) is 5. The first-order valence-corrected chi connectivity index (χ1v) is 12.1. The highest BCUT2D eigenvalue weighted by atomic mass is 79.9. The minimum absolute atomic E-state index is 0.0805. The highest BCUT2D eigenvalue weighted by molar-refractivity contribution is 9.10. The molecule has 0 amide bonds. The van der Waals surface area contributed by atoms with Gasteiger partial charge in [-0.15, -0.1) is 11.3 Å². The molecule has 30 heavy (non-hydrogen) atoms. The Morgan fingerprint density at radius 2 is 1.90 bits per heavy atom. The van der Waals surface area contributed by atoms with E-state index in [1.165, 1.54) is 11.8 Å². The van der Waals surface area contributed by atoms with Crippen LogP contribution in [0.2, 0.25) is 10.0 Å². The first-order valence-electron chi connectivity index (χ1n) is 8.79. The van der Waals surface area contributed by atoms with E-state index in [9.17, 15) is 4.79 Å². The summed E-state index contributed by atoms with van der Waals surface area (Å²) in [5.41, 5.74) is 3.19. The van der Waals surface area contributed by atoms with E-state index in [2.05, 4.69) is 25.9 Å². The second-order valence-corrected chi connectivity index (χ2v) is 10.3. The van der Waals surface area contributed by atoms with Crippen molar-refractivity contribution < 1.29 is 4.79 Å². The Morgan fingerprint density at radius 3 is 2.67 bits per heavy atom. The van der Waals surface area contributed by atoms with E-state index in [4.69, 9.17) is 23.2 Å². The second-order valence-electron chi connectivity index (χ2n) is 6.27. The lowest BCUT2D eigenvalue weighted by Gasteiger charge is -1.99. The minimum Gasteiger partial charge on any atom is -0.293 e. The number of carbonyl (C=O) groups is 1. The van der Waals surface area contributed by atoms with Gasteiger partial charge in [-0.05, 0) is 42.5 Å². The van der Waals surface area contributed by atoms with Gasteiger partial charge in [0.2, 0.25) is 0 Å². The third-order valence-corrected chi connectivity index (χ3v) is 7.41. The minimum atomic E-state index is 0.0805. The van der Waals surface area contributed by atoms with Crippen LogP contribution in [0.25, 0.3) is 10.2 Å². The molecule has 3 aromatic carbocycles. The van der Waals surface area contributed by atoms with Crippen LogP contribution in [-0.2, 0) is 0 Å². The maximum Gasteiger partial charge on any atom is 0.173 e. The van der Waals surface area contributed by atoms with E-state index in [1.807, 2.05) is 48.5 Å². The maximum absolute atomic E-state index is 12.4. The van der Waals surface area contributed by atoms with Gasteiger partial charge in [-0.25, -0.2) is 4.98 Å². The van der Waals surface area contributed by atoms with Crippen LogP contribution >= 0.6 is 62.2 Å². The summed E-state index contributed by atoms with van der Waals surface area (Å²) in [5.74, 6) is 0.429. The molecular formula is C22H13BrCl2N2OS2. The molecule has 0 bridgehead atoms. The van der Waals surface area contributed by atoms with Crippen LogP contribution in [0.4, 0.5) is 5.69 Å². The molecule has 1 aromatic heterocycles. The number of Topliss-reactive ketones (excluding diaryl/α,β-unsaturated/α-hetero) is 1. The van der Waals surface area contributed by atoms with Crippen LogP contribution in [0.3, 0.4) is 0 Å². The average Bonchev–Trinajstić information content (AvgIpc) is 3.14. The fourth-order valence-electron chi connectivity index (χ4n) is 2.63. The molecule has 0 aliphatic heterocycles. The van der Waals surface area contributed by atoms with Gasteiger partial charge in [0, 0.05) is 26.8 Å². The molecule has 3 nitrogen and oxygen atoms in total. The van der Waals surface area contributed by atoms with Crippen molar-refractivity contribution in [3.63, 3.8) is 0 Å². The Hall–Kier alpha value is -1.70. The van der Waals surface area contributed by atoms with Gasteiger partial charge in [-0.2, -0.15) is 0 Å². The van der Waals surface area contributed by atoms with Crippen LogP contribution in [-0.4, -0.2) is 22.7 Å². The van der Waals surface area contributed by atoms with Crippen molar-refractivity contribution in [1.82, 2.24) is 4.98 Å². The number of halogens is 3. The molecule has 8 heteroatoms. The average molecular weight is 536 g/mol. The Bertz CT molecular complexity index is 1260. The van der Waals surface area contributed by atoms with Crippen molar-refractivity contribution in [3.05, 3.63) is 86.3 Å².